The number of nitrogens with zero attached hydrogens (tertiary/aromatic N) is 3. The van der Waals surface area contributed by atoms with Crippen LogP contribution in [0.3, 0.4) is 0 Å². The summed E-state index contributed by atoms with van der Waals surface area (Å²) in [6.07, 6.45) is 2.55. The number of likely N-dealkylation sites (tertiary alicyclic amines) is 2. The highest BCUT2D eigenvalue weighted by molar-refractivity contribution is 5.80. The second-order valence-corrected chi connectivity index (χ2v) is 8.62. The van der Waals surface area contributed by atoms with Crippen LogP contribution in [0.5, 0.6) is 0 Å². The van der Waals surface area contributed by atoms with Gasteiger partial charge in [0.15, 0.2) is 5.96 Å². The first-order valence-corrected chi connectivity index (χ1v) is 9.55. The zero-order valence-corrected chi connectivity index (χ0v) is 16.6. The first-order chi connectivity index (χ1) is 11.4. The van der Waals surface area contributed by atoms with Crippen LogP contribution in [-0.4, -0.2) is 74.8 Å². The summed E-state index contributed by atoms with van der Waals surface area (Å²) >= 11 is 0. The average molecular weight is 339 g/mol. The van der Waals surface area contributed by atoms with Crippen LogP contribution in [0.2, 0.25) is 0 Å². The fraction of sp³-hybridized carbons (Fsp3) is 0.947. The van der Waals surface area contributed by atoms with Crippen molar-refractivity contribution < 1.29 is 4.74 Å². The van der Waals surface area contributed by atoms with E-state index >= 15 is 0 Å². The first-order valence-electron chi connectivity index (χ1n) is 9.55. The minimum atomic E-state index is 0.143. The lowest BCUT2D eigenvalue weighted by molar-refractivity contribution is 0.0480. The molecule has 2 aliphatic heterocycles. The zero-order chi connectivity index (χ0) is 17.7. The molecule has 0 aromatic carbocycles. The lowest BCUT2D eigenvalue weighted by Gasteiger charge is -2.45. The molecule has 2 aliphatic rings. The standard InChI is InChI=1S/C19H38N4O/c1-15-9-16(2)11-23(10-15)19(3,4)14-21-18(20-5)22-8-7-17(12-22)13-24-6/h15-17H,7-14H2,1-6H3,(H,20,21). The van der Waals surface area contributed by atoms with Crippen molar-refractivity contribution in [3.05, 3.63) is 0 Å². The highest BCUT2D eigenvalue weighted by Crippen LogP contribution is 2.27. The van der Waals surface area contributed by atoms with E-state index in [-0.39, 0.29) is 5.54 Å². The molecule has 0 bridgehead atoms. The quantitative estimate of drug-likeness (QED) is 0.617. The highest BCUT2D eigenvalue weighted by atomic mass is 16.5. The largest absolute Gasteiger partial charge is 0.384 e. The van der Waals surface area contributed by atoms with Crippen molar-refractivity contribution in [2.75, 3.05) is 53.5 Å². The van der Waals surface area contributed by atoms with E-state index in [2.05, 4.69) is 47.8 Å². The predicted octanol–water partition coefficient (Wildman–Crippen LogP) is 2.29. The first kappa shape index (κ1) is 19.5. The second-order valence-electron chi connectivity index (χ2n) is 8.62. The van der Waals surface area contributed by atoms with Crippen molar-refractivity contribution in [3.8, 4) is 0 Å². The molecule has 0 amide bonds. The Morgan fingerprint density at radius 2 is 1.88 bits per heavy atom. The molecule has 0 aliphatic carbocycles. The summed E-state index contributed by atoms with van der Waals surface area (Å²) in [4.78, 5) is 9.55. The summed E-state index contributed by atoms with van der Waals surface area (Å²) in [5.41, 5.74) is 0.143. The van der Waals surface area contributed by atoms with E-state index in [0.717, 1.165) is 44.0 Å². The summed E-state index contributed by atoms with van der Waals surface area (Å²) in [6, 6.07) is 0. The molecular weight excluding hydrogens is 300 g/mol. The summed E-state index contributed by atoms with van der Waals surface area (Å²) < 4.78 is 5.31. The minimum Gasteiger partial charge on any atom is -0.384 e. The third-order valence-corrected chi connectivity index (χ3v) is 5.60. The molecule has 2 saturated heterocycles. The van der Waals surface area contributed by atoms with E-state index in [1.807, 2.05) is 7.05 Å². The summed E-state index contributed by atoms with van der Waals surface area (Å²) in [7, 11) is 3.68. The third-order valence-electron chi connectivity index (χ3n) is 5.60. The number of guanidine groups is 1. The summed E-state index contributed by atoms with van der Waals surface area (Å²) in [5, 5.41) is 3.63. The molecule has 3 unspecified atom stereocenters. The van der Waals surface area contributed by atoms with Crippen LogP contribution >= 0.6 is 0 Å². The zero-order valence-electron chi connectivity index (χ0n) is 16.6. The molecule has 2 rings (SSSR count). The average Bonchev–Trinajstić information content (AvgIpc) is 2.96. The molecule has 0 radical (unpaired) electrons. The molecule has 0 aromatic heterocycles. The van der Waals surface area contributed by atoms with Gasteiger partial charge in [-0.15, -0.1) is 0 Å². The van der Waals surface area contributed by atoms with Gasteiger partial charge in [-0.3, -0.25) is 9.89 Å². The highest BCUT2D eigenvalue weighted by Gasteiger charge is 2.33. The Balaban J connectivity index is 1.88. The monoisotopic (exact) mass is 338 g/mol. The van der Waals surface area contributed by atoms with E-state index in [0.29, 0.717) is 5.92 Å². The lowest BCUT2D eigenvalue weighted by Crippen LogP contribution is -2.57. The maximum atomic E-state index is 5.31. The molecule has 140 valence electrons. The van der Waals surface area contributed by atoms with Crippen LogP contribution in [0.25, 0.3) is 0 Å². The number of piperidine rings is 1. The number of hydrogen-bond acceptors (Lipinski definition) is 3. The Morgan fingerprint density at radius 3 is 2.46 bits per heavy atom. The van der Waals surface area contributed by atoms with E-state index in [4.69, 9.17) is 4.74 Å². The number of ether oxygens (including phenoxy) is 1. The number of nitrogens with one attached hydrogen (secondary N) is 1. The van der Waals surface area contributed by atoms with Gasteiger partial charge >= 0.3 is 0 Å². The van der Waals surface area contributed by atoms with E-state index in [1.54, 1.807) is 7.11 Å². The Bertz CT molecular complexity index is 414. The van der Waals surface area contributed by atoms with Crippen LogP contribution in [0.4, 0.5) is 0 Å². The Hall–Kier alpha value is -0.810. The molecule has 0 saturated carbocycles. The van der Waals surface area contributed by atoms with E-state index < -0.39 is 0 Å². The normalized spacial score (nSPS) is 30.0. The van der Waals surface area contributed by atoms with Gasteiger partial charge in [-0.2, -0.15) is 0 Å². The van der Waals surface area contributed by atoms with Crippen molar-refractivity contribution >= 4 is 5.96 Å². The molecule has 24 heavy (non-hydrogen) atoms. The fourth-order valence-corrected chi connectivity index (χ4v) is 4.29. The summed E-state index contributed by atoms with van der Waals surface area (Å²) in [6.45, 7) is 15.8. The Morgan fingerprint density at radius 1 is 1.21 bits per heavy atom. The van der Waals surface area contributed by atoms with Gasteiger partial charge in [-0.1, -0.05) is 13.8 Å². The number of rotatable bonds is 5. The molecule has 5 heteroatoms. The molecule has 2 heterocycles. The number of methoxy groups -OCH3 is 1. The van der Waals surface area contributed by atoms with Gasteiger partial charge in [0, 0.05) is 58.3 Å². The SMILES string of the molecule is CN=C(NCC(C)(C)N1CC(C)CC(C)C1)N1CCC(COC)C1. The maximum Gasteiger partial charge on any atom is 0.193 e. The summed E-state index contributed by atoms with van der Waals surface area (Å²) in [5.74, 6) is 3.26. The van der Waals surface area contributed by atoms with Crippen LogP contribution < -0.4 is 5.32 Å². The number of hydrogen-bond donors (Lipinski definition) is 1. The van der Waals surface area contributed by atoms with Crippen molar-refractivity contribution in [1.29, 1.82) is 0 Å². The third kappa shape index (κ3) is 5.09. The number of aliphatic imine (C=N–C) groups is 1. The van der Waals surface area contributed by atoms with Crippen LogP contribution in [0, 0.1) is 17.8 Å². The van der Waals surface area contributed by atoms with E-state index in [9.17, 15) is 0 Å². The van der Waals surface area contributed by atoms with Gasteiger partial charge in [0.25, 0.3) is 0 Å². The molecular formula is C19H38N4O. The van der Waals surface area contributed by atoms with Crippen LogP contribution in [0.15, 0.2) is 4.99 Å². The minimum absolute atomic E-state index is 0.143. The van der Waals surface area contributed by atoms with Crippen molar-refractivity contribution in [2.24, 2.45) is 22.7 Å². The molecule has 1 N–H and O–H groups in total. The molecule has 0 aromatic rings. The predicted molar refractivity (Wildman–Crippen MR) is 102 cm³/mol. The molecule has 5 nitrogen and oxygen atoms in total. The van der Waals surface area contributed by atoms with Crippen molar-refractivity contribution in [3.63, 3.8) is 0 Å². The van der Waals surface area contributed by atoms with Gasteiger partial charge < -0.3 is 15.0 Å². The van der Waals surface area contributed by atoms with Gasteiger partial charge in [0.2, 0.25) is 0 Å². The van der Waals surface area contributed by atoms with Gasteiger partial charge in [-0.05, 0) is 38.5 Å². The van der Waals surface area contributed by atoms with E-state index in [1.165, 1.54) is 25.9 Å². The van der Waals surface area contributed by atoms with Crippen molar-refractivity contribution in [1.82, 2.24) is 15.1 Å². The fourth-order valence-electron chi connectivity index (χ4n) is 4.29. The van der Waals surface area contributed by atoms with Gasteiger partial charge in [-0.25, -0.2) is 0 Å². The van der Waals surface area contributed by atoms with Gasteiger partial charge in [0.05, 0.1) is 6.61 Å². The smallest absolute Gasteiger partial charge is 0.193 e. The van der Waals surface area contributed by atoms with Gasteiger partial charge in [0.1, 0.15) is 0 Å². The maximum absolute atomic E-state index is 5.31. The van der Waals surface area contributed by atoms with Crippen LogP contribution in [0.1, 0.15) is 40.5 Å². The molecule has 2 fully saturated rings. The molecule has 0 spiro atoms. The van der Waals surface area contributed by atoms with Crippen LogP contribution in [-0.2, 0) is 4.74 Å². The lowest BCUT2D eigenvalue weighted by atomic mass is 9.88. The Kier molecular flexibility index (Phi) is 6.93. The topological polar surface area (TPSA) is 40.1 Å². The second kappa shape index (κ2) is 8.52. The Labute approximate surface area is 148 Å². The van der Waals surface area contributed by atoms with Crippen molar-refractivity contribution in [2.45, 2.75) is 46.1 Å². The molecule has 3 atom stereocenters.